The number of anilines is 1. The average molecular weight is 319 g/mol. The number of nitrogens with one attached hydrogen (secondary N) is 2. The minimum Gasteiger partial charge on any atom is -0.355 e. The standard InChI is InChI=1S/C20H21N3O/c1-13-9-10-17(20-14(2)11-19(24)22-23-20)12-18(13)21-15(3)16-7-5-4-6-8-16/h4-10,12,14,21H,3,11H2,1-2H3,(H,22,24). The number of aryl methyl sites for hydroxylation is 1. The van der Waals surface area contributed by atoms with E-state index >= 15 is 0 Å². The van der Waals surface area contributed by atoms with Crippen molar-refractivity contribution in [2.75, 3.05) is 5.32 Å². The molecule has 0 aliphatic carbocycles. The molecule has 122 valence electrons. The van der Waals surface area contributed by atoms with E-state index in [4.69, 9.17) is 0 Å². The van der Waals surface area contributed by atoms with Gasteiger partial charge in [-0.3, -0.25) is 4.79 Å². The molecule has 1 aliphatic rings. The van der Waals surface area contributed by atoms with Crippen LogP contribution in [0.1, 0.15) is 30.0 Å². The molecule has 2 aromatic rings. The van der Waals surface area contributed by atoms with E-state index in [0.29, 0.717) is 6.42 Å². The van der Waals surface area contributed by atoms with Gasteiger partial charge >= 0.3 is 0 Å². The zero-order valence-electron chi connectivity index (χ0n) is 14.0. The molecule has 24 heavy (non-hydrogen) atoms. The largest absolute Gasteiger partial charge is 0.355 e. The Kier molecular flexibility index (Phi) is 4.47. The monoisotopic (exact) mass is 319 g/mol. The van der Waals surface area contributed by atoms with Gasteiger partial charge in [0.2, 0.25) is 5.91 Å². The summed E-state index contributed by atoms with van der Waals surface area (Å²) in [7, 11) is 0. The molecule has 0 fully saturated rings. The maximum Gasteiger partial charge on any atom is 0.240 e. The molecule has 0 bridgehead atoms. The van der Waals surface area contributed by atoms with Gasteiger partial charge < -0.3 is 5.32 Å². The predicted molar refractivity (Wildman–Crippen MR) is 98.7 cm³/mol. The number of carbonyl (C=O) groups is 1. The highest BCUT2D eigenvalue weighted by atomic mass is 16.2. The second-order valence-electron chi connectivity index (χ2n) is 6.14. The number of carbonyl (C=O) groups excluding carboxylic acids is 1. The van der Waals surface area contributed by atoms with Crippen LogP contribution in [-0.2, 0) is 4.79 Å². The maximum absolute atomic E-state index is 11.4. The highest BCUT2D eigenvalue weighted by Crippen LogP contribution is 2.25. The molecule has 0 saturated heterocycles. The van der Waals surface area contributed by atoms with Gasteiger partial charge in [0, 0.05) is 29.3 Å². The molecule has 3 rings (SSSR count). The molecule has 4 heteroatoms. The third-order valence-corrected chi connectivity index (χ3v) is 4.20. The molecule has 1 unspecified atom stereocenters. The summed E-state index contributed by atoms with van der Waals surface area (Å²) in [5, 5.41) is 7.63. The molecule has 2 N–H and O–H groups in total. The van der Waals surface area contributed by atoms with Crippen molar-refractivity contribution in [3.8, 4) is 0 Å². The molecule has 2 aromatic carbocycles. The first-order valence-corrected chi connectivity index (χ1v) is 8.03. The molecular weight excluding hydrogens is 298 g/mol. The van der Waals surface area contributed by atoms with E-state index in [2.05, 4.69) is 41.5 Å². The summed E-state index contributed by atoms with van der Waals surface area (Å²) in [4.78, 5) is 11.4. The molecule has 0 spiro atoms. The fraction of sp³-hybridized carbons (Fsp3) is 0.200. The summed E-state index contributed by atoms with van der Waals surface area (Å²) in [6.45, 7) is 8.21. The Balaban J connectivity index is 1.87. The van der Waals surface area contributed by atoms with Crippen LogP contribution >= 0.6 is 0 Å². The summed E-state index contributed by atoms with van der Waals surface area (Å²) in [5.74, 6) is 0.0702. The Morgan fingerprint density at radius 3 is 2.71 bits per heavy atom. The molecule has 1 amide bonds. The normalized spacial score (nSPS) is 17.0. The van der Waals surface area contributed by atoms with Crippen molar-refractivity contribution in [1.29, 1.82) is 0 Å². The number of amides is 1. The van der Waals surface area contributed by atoms with Gasteiger partial charge in [-0.1, -0.05) is 56.0 Å². The minimum absolute atomic E-state index is 0.0332. The quantitative estimate of drug-likeness (QED) is 0.897. The highest BCUT2D eigenvalue weighted by Gasteiger charge is 2.22. The van der Waals surface area contributed by atoms with Crippen LogP contribution in [0.4, 0.5) is 5.69 Å². The van der Waals surface area contributed by atoms with Crippen LogP contribution < -0.4 is 10.7 Å². The lowest BCUT2D eigenvalue weighted by molar-refractivity contribution is -0.121. The number of hydrogen-bond acceptors (Lipinski definition) is 3. The number of nitrogens with zero attached hydrogens (tertiary/aromatic N) is 1. The van der Waals surface area contributed by atoms with E-state index in [1.54, 1.807) is 0 Å². The first-order valence-electron chi connectivity index (χ1n) is 8.03. The summed E-state index contributed by atoms with van der Waals surface area (Å²) in [6.07, 6.45) is 0.464. The second-order valence-corrected chi connectivity index (χ2v) is 6.14. The third-order valence-electron chi connectivity index (χ3n) is 4.20. The summed E-state index contributed by atoms with van der Waals surface area (Å²) < 4.78 is 0. The molecule has 1 atom stereocenters. The van der Waals surface area contributed by atoms with Gasteiger partial charge in [-0.15, -0.1) is 0 Å². The molecular formula is C20H21N3O. The van der Waals surface area contributed by atoms with Crippen molar-refractivity contribution in [2.45, 2.75) is 20.3 Å². The topological polar surface area (TPSA) is 53.5 Å². The lowest BCUT2D eigenvalue weighted by Crippen LogP contribution is -2.32. The van der Waals surface area contributed by atoms with Crippen molar-refractivity contribution in [3.05, 3.63) is 71.8 Å². The fourth-order valence-electron chi connectivity index (χ4n) is 2.79. The Morgan fingerprint density at radius 2 is 2.00 bits per heavy atom. The average Bonchev–Trinajstić information content (AvgIpc) is 2.58. The number of benzene rings is 2. The van der Waals surface area contributed by atoms with Crippen molar-refractivity contribution < 1.29 is 4.79 Å². The smallest absolute Gasteiger partial charge is 0.240 e. The zero-order chi connectivity index (χ0) is 17.1. The van der Waals surface area contributed by atoms with Crippen LogP contribution in [0.5, 0.6) is 0 Å². The Labute approximate surface area is 142 Å². The number of hydrogen-bond donors (Lipinski definition) is 2. The third kappa shape index (κ3) is 3.38. The van der Waals surface area contributed by atoms with Crippen LogP contribution in [-0.4, -0.2) is 11.6 Å². The molecule has 0 radical (unpaired) electrons. The summed E-state index contributed by atoms with van der Waals surface area (Å²) >= 11 is 0. The van der Waals surface area contributed by atoms with Gasteiger partial charge in [0.25, 0.3) is 0 Å². The fourth-order valence-corrected chi connectivity index (χ4v) is 2.79. The van der Waals surface area contributed by atoms with Gasteiger partial charge in [0.15, 0.2) is 0 Å². The Morgan fingerprint density at radius 1 is 1.25 bits per heavy atom. The van der Waals surface area contributed by atoms with Gasteiger partial charge in [-0.25, -0.2) is 5.43 Å². The lowest BCUT2D eigenvalue weighted by Gasteiger charge is -2.20. The summed E-state index contributed by atoms with van der Waals surface area (Å²) in [6, 6.07) is 16.2. The SMILES string of the molecule is C=C(Nc1cc(C2=NNC(=O)CC2C)ccc1C)c1ccccc1. The zero-order valence-corrected chi connectivity index (χ0v) is 14.0. The lowest BCUT2D eigenvalue weighted by atomic mass is 9.93. The molecule has 1 aliphatic heterocycles. The molecule has 4 nitrogen and oxygen atoms in total. The van der Waals surface area contributed by atoms with E-state index < -0.39 is 0 Å². The van der Waals surface area contributed by atoms with E-state index in [1.165, 1.54) is 0 Å². The predicted octanol–water partition coefficient (Wildman–Crippen LogP) is 3.94. The molecule has 0 aromatic heterocycles. The van der Waals surface area contributed by atoms with Crippen LogP contribution in [0.15, 0.2) is 60.2 Å². The van der Waals surface area contributed by atoms with E-state index in [1.807, 2.05) is 43.3 Å². The van der Waals surface area contributed by atoms with Crippen molar-refractivity contribution >= 4 is 23.0 Å². The highest BCUT2D eigenvalue weighted by molar-refractivity contribution is 6.06. The van der Waals surface area contributed by atoms with E-state index in [0.717, 1.165) is 33.8 Å². The van der Waals surface area contributed by atoms with Gasteiger partial charge in [-0.05, 0) is 24.1 Å². The second kappa shape index (κ2) is 6.71. The first kappa shape index (κ1) is 16.0. The Bertz CT molecular complexity index is 809. The van der Waals surface area contributed by atoms with E-state index in [9.17, 15) is 4.79 Å². The van der Waals surface area contributed by atoms with Gasteiger partial charge in [-0.2, -0.15) is 5.10 Å². The van der Waals surface area contributed by atoms with Crippen molar-refractivity contribution in [2.24, 2.45) is 11.0 Å². The van der Waals surface area contributed by atoms with Crippen LogP contribution in [0.25, 0.3) is 5.70 Å². The van der Waals surface area contributed by atoms with Crippen molar-refractivity contribution in [1.82, 2.24) is 5.43 Å². The summed E-state index contributed by atoms with van der Waals surface area (Å²) in [5.41, 5.74) is 8.51. The number of rotatable bonds is 4. The number of hydrazone groups is 1. The van der Waals surface area contributed by atoms with Crippen LogP contribution in [0, 0.1) is 12.8 Å². The molecule has 0 saturated carbocycles. The molecule has 1 heterocycles. The minimum atomic E-state index is -0.0332. The van der Waals surface area contributed by atoms with Gasteiger partial charge in [0.05, 0.1) is 5.71 Å². The van der Waals surface area contributed by atoms with Crippen LogP contribution in [0.2, 0.25) is 0 Å². The van der Waals surface area contributed by atoms with Crippen LogP contribution in [0.3, 0.4) is 0 Å². The van der Waals surface area contributed by atoms with E-state index in [-0.39, 0.29) is 11.8 Å². The first-order chi connectivity index (χ1) is 11.5. The maximum atomic E-state index is 11.4. The van der Waals surface area contributed by atoms with Crippen molar-refractivity contribution in [3.63, 3.8) is 0 Å². The Hall–Kier alpha value is -2.88. The van der Waals surface area contributed by atoms with Gasteiger partial charge in [0.1, 0.15) is 0 Å².